The van der Waals surface area contributed by atoms with Crippen LogP contribution in [0, 0.1) is 0 Å². The number of nitrogens with one attached hydrogen (secondary N) is 1. The van der Waals surface area contributed by atoms with E-state index in [0.29, 0.717) is 18.6 Å². The number of carbonyl (C=O) groups is 1. The fourth-order valence-corrected chi connectivity index (χ4v) is 2.81. The van der Waals surface area contributed by atoms with Gasteiger partial charge in [0.25, 0.3) is 0 Å². The van der Waals surface area contributed by atoms with Crippen LogP contribution in [0.2, 0.25) is 0 Å². The molecule has 2 saturated heterocycles. The Kier molecular flexibility index (Phi) is 5.19. The molecule has 5 heteroatoms. The lowest BCUT2D eigenvalue weighted by molar-refractivity contribution is -0.131. The van der Waals surface area contributed by atoms with Gasteiger partial charge in [0.15, 0.2) is 0 Å². The molecular weight excluding hydrogens is 240 g/mol. The van der Waals surface area contributed by atoms with Crippen molar-refractivity contribution in [1.29, 1.82) is 0 Å². The number of rotatable bonds is 4. The minimum absolute atomic E-state index is 0.286. The van der Waals surface area contributed by atoms with Crippen molar-refractivity contribution in [2.75, 3.05) is 52.9 Å². The van der Waals surface area contributed by atoms with Crippen molar-refractivity contribution in [1.82, 2.24) is 20.0 Å². The predicted octanol–water partition coefficient (Wildman–Crippen LogP) is -0.167. The van der Waals surface area contributed by atoms with Crippen molar-refractivity contribution in [2.45, 2.75) is 32.4 Å². The second-order valence-electron chi connectivity index (χ2n) is 6.08. The van der Waals surface area contributed by atoms with E-state index >= 15 is 0 Å². The minimum Gasteiger partial charge on any atom is -0.340 e. The van der Waals surface area contributed by atoms with E-state index in [9.17, 15) is 4.79 Å². The number of likely N-dealkylation sites (N-methyl/N-ethyl adjacent to an activating group) is 1. The lowest BCUT2D eigenvalue weighted by Gasteiger charge is -2.32. The molecule has 0 aromatic carbocycles. The number of hydrogen-bond acceptors (Lipinski definition) is 4. The van der Waals surface area contributed by atoms with E-state index in [0.717, 1.165) is 45.7 Å². The fraction of sp³-hybridized carbons (Fsp3) is 0.929. The normalized spacial score (nSPS) is 25.5. The van der Waals surface area contributed by atoms with Gasteiger partial charge in [-0.1, -0.05) is 0 Å². The molecule has 1 amide bonds. The molecule has 19 heavy (non-hydrogen) atoms. The van der Waals surface area contributed by atoms with Crippen LogP contribution in [-0.4, -0.2) is 85.6 Å². The van der Waals surface area contributed by atoms with E-state index in [4.69, 9.17) is 0 Å². The molecule has 1 atom stereocenters. The van der Waals surface area contributed by atoms with E-state index < -0.39 is 0 Å². The molecule has 0 radical (unpaired) electrons. The Balaban J connectivity index is 1.79. The van der Waals surface area contributed by atoms with Gasteiger partial charge in [-0.05, 0) is 27.3 Å². The van der Waals surface area contributed by atoms with Crippen molar-refractivity contribution in [3.05, 3.63) is 0 Å². The molecule has 0 aromatic rings. The van der Waals surface area contributed by atoms with E-state index in [1.165, 1.54) is 0 Å². The fourth-order valence-electron chi connectivity index (χ4n) is 2.81. The molecule has 2 aliphatic rings. The zero-order chi connectivity index (χ0) is 13.8. The topological polar surface area (TPSA) is 38.8 Å². The van der Waals surface area contributed by atoms with Crippen LogP contribution in [-0.2, 0) is 4.79 Å². The van der Waals surface area contributed by atoms with Gasteiger partial charge < -0.3 is 10.2 Å². The van der Waals surface area contributed by atoms with Gasteiger partial charge in [-0.3, -0.25) is 14.6 Å². The van der Waals surface area contributed by atoms with Crippen LogP contribution in [0.5, 0.6) is 0 Å². The highest BCUT2D eigenvalue weighted by atomic mass is 16.2. The van der Waals surface area contributed by atoms with Gasteiger partial charge >= 0.3 is 0 Å². The Hall–Kier alpha value is -0.650. The van der Waals surface area contributed by atoms with Gasteiger partial charge in [-0.15, -0.1) is 0 Å². The van der Waals surface area contributed by atoms with Crippen LogP contribution in [0.15, 0.2) is 0 Å². The number of piperazine rings is 1. The molecule has 5 nitrogen and oxygen atoms in total. The molecule has 1 unspecified atom stereocenters. The Morgan fingerprint density at radius 1 is 1.32 bits per heavy atom. The Morgan fingerprint density at radius 3 is 2.63 bits per heavy atom. The zero-order valence-electron chi connectivity index (χ0n) is 12.6. The lowest BCUT2D eigenvalue weighted by atomic mass is 10.2. The average Bonchev–Trinajstić information content (AvgIpc) is 2.89. The third-order valence-corrected chi connectivity index (χ3v) is 4.45. The highest BCUT2D eigenvalue weighted by Gasteiger charge is 2.31. The third-order valence-electron chi connectivity index (χ3n) is 4.45. The smallest absolute Gasteiger partial charge is 0.236 e. The molecule has 2 aliphatic heterocycles. The second-order valence-corrected chi connectivity index (χ2v) is 6.08. The number of amides is 1. The molecule has 0 saturated carbocycles. The van der Waals surface area contributed by atoms with Crippen molar-refractivity contribution in [3.8, 4) is 0 Å². The van der Waals surface area contributed by atoms with Crippen LogP contribution in [0.4, 0.5) is 0 Å². The van der Waals surface area contributed by atoms with E-state index in [-0.39, 0.29) is 5.91 Å². The maximum atomic E-state index is 12.2. The maximum absolute atomic E-state index is 12.2. The number of hydrogen-bond donors (Lipinski definition) is 1. The lowest BCUT2D eigenvalue weighted by Crippen LogP contribution is -2.49. The Bertz CT molecular complexity index is 302. The molecule has 0 spiro atoms. The summed E-state index contributed by atoms with van der Waals surface area (Å²) in [5, 5.41) is 3.38. The van der Waals surface area contributed by atoms with Gasteiger partial charge in [0.05, 0.1) is 6.54 Å². The van der Waals surface area contributed by atoms with Gasteiger partial charge in [0, 0.05) is 51.4 Å². The molecule has 2 rings (SSSR count). The monoisotopic (exact) mass is 268 g/mol. The van der Waals surface area contributed by atoms with Crippen LogP contribution in [0.25, 0.3) is 0 Å². The Labute approximate surface area is 116 Å². The molecule has 2 heterocycles. The first-order valence-electron chi connectivity index (χ1n) is 7.50. The van der Waals surface area contributed by atoms with Crippen LogP contribution < -0.4 is 5.32 Å². The highest BCUT2D eigenvalue weighted by molar-refractivity contribution is 5.78. The summed E-state index contributed by atoms with van der Waals surface area (Å²) in [7, 11) is 2.02. The molecule has 0 bridgehead atoms. The van der Waals surface area contributed by atoms with Crippen LogP contribution in [0.1, 0.15) is 20.3 Å². The first-order valence-corrected chi connectivity index (χ1v) is 7.50. The first kappa shape index (κ1) is 14.8. The summed E-state index contributed by atoms with van der Waals surface area (Å²) in [6.07, 6.45) is 1.14. The second kappa shape index (κ2) is 6.68. The highest BCUT2D eigenvalue weighted by Crippen LogP contribution is 2.16. The van der Waals surface area contributed by atoms with Crippen LogP contribution >= 0.6 is 0 Å². The van der Waals surface area contributed by atoms with Crippen molar-refractivity contribution >= 4 is 5.91 Å². The van der Waals surface area contributed by atoms with Crippen molar-refractivity contribution in [3.63, 3.8) is 0 Å². The first-order chi connectivity index (χ1) is 9.08. The van der Waals surface area contributed by atoms with E-state index in [1.807, 2.05) is 11.9 Å². The van der Waals surface area contributed by atoms with Crippen LogP contribution in [0.3, 0.4) is 0 Å². The SMILES string of the molecule is CC(C)N(C)CC(=O)N1CCC(N2CCNCC2)C1. The zero-order valence-corrected chi connectivity index (χ0v) is 12.6. The van der Waals surface area contributed by atoms with Crippen molar-refractivity contribution < 1.29 is 4.79 Å². The number of likely N-dealkylation sites (tertiary alicyclic amines) is 1. The largest absolute Gasteiger partial charge is 0.340 e. The molecule has 2 fully saturated rings. The maximum Gasteiger partial charge on any atom is 0.236 e. The summed E-state index contributed by atoms with van der Waals surface area (Å²) in [6.45, 7) is 11.1. The summed E-state index contributed by atoms with van der Waals surface area (Å²) >= 11 is 0. The molecule has 1 N–H and O–H groups in total. The Morgan fingerprint density at radius 2 is 2.00 bits per heavy atom. The van der Waals surface area contributed by atoms with E-state index in [1.54, 1.807) is 0 Å². The van der Waals surface area contributed by atoms with E-state index in [2.05, 4.69) is 29.0 Å². The van der Waals surface area contributed by atoms with Gasteiger partial charge in [-0.2, -0.15) is 0 Å². The van der Waals surface area contributed by atoms with Crippen molar-refractivity contribution in [2.24, 2.45) is 0 Å². The average molecular weight is 268 g/mol. The quantitative estimate of drug-likeness (QED) is 0.768. The molecule has 0 aromatic heterocycles. The molecule has 0 aliphatic carbocycles. The summed E-state index contributed by atoms with van der Waals surface area (Å²) in [5.41, 5.74) is 0. The summed E-state index contributed by atoms with van der Waals surface area (Å²) in [5.74, 6) is 0.286. The van der Waals surface area contributed by atoms with Gasteiger partial charge in [-0.25, -0.2) is 0 Å². The summed E-state index contributed by atoms with van der Waals surface area (Å²) < 4.78 is 0. The van der Waals surface area contributed by atoms with Gasteiger partial charge in [0.1, 0.15) is 0 Å². The molecule has 110 valence electrons. The molecular formula is C14H28N4O. The summed E-state index contributed by atoms with van der Waals surface area (Å²) in [6, 6.07) is 1.01. The standard InChI is InChI=1S/C14H28N4O/c1-12(2)16(3)11-14(19)18-7-4-13(10-18)17-8-5-15-6-9-17/h12-13,15H,4-11H2,1-3H3. The van der Waals surface area contributed by atoms with Gasteiger partial charge in [0.2, 0.25) is 5.91 Å². The predicted molar refractivity (Wildman–Crippen MR) is 77.2 cm³/mol. The number of nitrogens with zero attached hydrogens (tertiary/aromatic N) is 3. The summed E-state index contributed by atoms with van der Waals surface area (Å²) in [4.78, 5) is 18.9. The minimum atomic E-state index is 0.286. The number of carbonyl (C=O) groups excluding carboxylic acids is 1. The third kappa shape index (κ3) is 3.91.